The van der Waals surface area contributed by atoms with Crippen LogP contribution in [0.15, 0.2) is 16.8 Å². The molecule has 102 valence electrons. The summed E-state index contributed by atoms with van der Waals surface area (Å²) in [5.41, 5.74) is 0.777. The Balaban J connectivity index is 2.13. The van der Waals surface area contributed by atoms with Gasteiger partial charge in [-0.3, -0.25) is 0 Å². The van der Waals surface area contributed by atoms with E-state index in [2.05, 4.69) is 9.97 Å². The molecule has 7 heteroatoms. The second-order valence-corrected chi connectivity index (χ2v) is 7.19. The summed E-state index contributed by atoms with van der Waals surface area (Å²) in [7, 11) is -3.39. The molecule has 0 unspecified atom stereocenters. The third-order valence-corrected chi connectivity index (χ3v) is 5.58. The fraction of sp³-hybridized carbons (Fsp3) is 0.500. The van der Waals surface area contributed by atoms with Crippen molar-refractivity contribution in [3.63, 3.8) is 0 Å². The van der Waals surface area contributed by atoms with Crippen molar-refractivity contribution in [2.24, 2.45) is 0 Å². The Morgan fingerprint density at radius 2 is 2.11 bits per heavy atom. The number of hydrogen-bond donors (Lipinski definition) is 0. The molecule has 0 saturated heterocycles. The van der Waals surface area contributed by atoms with Crippen LogP contribution in [0, 0.1) is 0 Å². The molecule has 1 aliphatic heterocycles. The highest BCUT2D eigenvalue weighted by molar-refractivity contribution is 7.98. The van der Waals surface area contributed by atoms with Crippen LogP contribution in [0.5, 0.6) is 0 Å². The Morgan fingerprint density at radius 3 is 2.79 bits per heavy atom. The second kappa shape index (κ2) is 4.79. The number of nitrogens with zero attached hydrogens (tertiary/aromatic N) is 3. The number of rotatable bonds is 2. The smallest absolute Gasteiger partial charge is 0.247 e. The second-order valence-electron chi connectivity index (χ2n) is 4.72. The van der Waals surface area contributed by atoms with Crippen LogP contribution in [0.2, 0.25) is 0 Å². The first kappa shape index (κ1) is 12.9. The lowest BCUT2D eigenvalue weighted by Gasteiger charge is -2.31. The molecule has 0 bridgehead atoms. The summed E-state index contributed by atoms with van der Waals surface area (Å²) >= 11 is 1.42. The van der Waals surface area contributed by atoms with Crippen LogP contribution in [0.1, 0.15) is 31.2 Å². The molecule has 1 saturated carbocycles. The zero-order chi connectivity index (χ0) is 13.5. The Labute approximate surface area is 117 Å². The highest BCUT2D eigenvalue weighted by Gasteiger charge is 2.35. The van der Waals surface area contributed by atoms with Crippen molar-refractivity contribution in [2.75, 3.05) is 10.6 Å². The van der Waals surface area contributed by atoms with E-state index in [0.717, 1.165) is 31.2 Å². The quantitative estimate of drug-likeness (QED) is 0.619. The molecule has 1 aromatic heterocycles. The Kier molecular flexibility index (Phi) is 3.26. The van der Waals surface area contributed by atoms with Crippen molar-refractivity contribution in [1.29, 1.82) is 0 Å². The standard InChI is InChI=1S/C12H15N3O2S2/c1-18-12-13-8-9-6-7-19(16,17)15(11(9)14-12)10-4-2-3-5-10/h6-8,10H,2-5H2,1H3. The molecule has 0 spiro atoms. The average molecular weight is 297 g/mol. The monoisotopic (exact) mass is 297 g/mol. The van der Waals surface area contributed by atoms with E-state index in [1.807, 2.05) is 6.26 Å². The molecule has 2 heterocycles. The first-order chi connectivity index (χ1) is 9.12. The summed E-state index contributed by atoms with van der Waals surface area (Å²) in [4.78, 5) is 8.60. The van der Waals surface area contributed by atoms with Gasteiger partial charge in [0.2, 0.25) is 0 Å². The number of thioether (sulfide) groups is 1. The van der Waals surface area contributed by atoms with Gasteiger partial charge in [0.05, 0.1) is 5.41 Å². The fourth-order valence-corrected chi connectivity index (χ4v) is 4.42. The van der Waals surface area contributed by atoms with Gasteiger partial charge in [-0.15, -0.1) is 0 Å². The Bertz CT molecular complexity index is 622. The van der Waals surface area contributed by atoms with Gasteiger partial charge >= 0.3 is 0 Å². The van der Waals surface area contributed by atoms with Crippen molar-refractivity contribution in [1.82, 2.24) is 9.97 Å². The molecule has 1 aromatic rings. The lowest BCUT2D eigenvalue weighted by molar-refractivity contribution is 0.580. The van der Waals surface area contributed by atoms with E-state index in [0.29, 0.717) is 11.0 Å². The summed E-state index contributed by atoms with van der Waals surface area (Å²) in [5, 5.41) is 1.86. The topological polar surface area (TPSA) is 63.2 Å². The molecule has 1 aliphatic carbocycles. The summed E-state index contributed by atoms with van der Waals surface area (Å²) in [6.45, 7) is 0. The third kappa shape index (κ3) is 2.25. The number of fused-ring (bicyclic) bond motifs is 1. The van der Waals surface area contributed by atoms with Gasteiger partial charge in [0, 0.05) is 17.8 Å². The molecule has 3 rings (SSSR count). The van der Waals surface area contributed by atoms with E-state index in [-0.39, 0.29) is 6.04 Å². The molecule has 0 aromatic carbocycles. The van der Waals surface area contributed by atoms with Crippen molar-refractivity contribution in [3.05, 3.63) is 17.2 Å². The van der Waals surface area contributed by atoms with Crippen molar-refractivity contribution >= 4 is 33.7 Å². The lowest BCUT2D eigenvalue weighted by Crippen LogP contribution is -2.40. The van der Waals surface area contributed by atoms with E-state index in [4.69, 9.17) is 0 Å². The number of sulfonamides is 1. The van der Waals surface area contributed by atoms with E-state index < -0.39 is 10.0 Å². The summed E-state index contributed by atoms with van der Waals surface area (Å²) < 4.78 is 26.1. The van der Waals surface area contributed by atoms with Crippen LogP contribution in [-0.4, -0.2) is 30.7 Å². The molecule has 0 radical (unpaired) electrons. The zero-order valence-electron chi connectivity index (χ0n) is 10.6. The van der Waals surface area contributed by atoms with Crippen molar-refractivity contribution in [3.8, 4) is 0 Å². The SMILES string of the molecule is CSc1ncc2c(n1)N(C1CCCC1)S(=O)(=O)C=C2. The summed E-state index contributed by atoms with van der Waals surface area (Å²) in [6, 6.07) is 0.0401. The third-order valence-electron chi connectivity index (χ3n) is 3.52. The van der Waals surface area contributed by atoms with Crippen LogP contribution < -0.4 is 4.31 Å². The van der Waals surface area contributed by atoms with Crippen LogP contribution >= 0.6 is 11.8 Å². The zero-order valence-corrected chi connectivity index (χ0v) is 12.2. The summed E-state index contributed by atoms with van der Waals surface area (Å²) in [6.07, 6.45) is 9.14. The van der Waals surface area contributed by atoms with Gasteiger partial charge in [-0.05, 0) is 25.2 Å². The minimum atomic E-state index is -3.39. The highest BCUT2D eigenvalue weighted by Crippen LogP contribution is 2.35. The minimum Gasteiger partial charge on any atom is -0.247 e. The number of aromatic nitrogens is 2. The summed E-state index contributed by atoms with van der Waals surface area (Å²) in [5.74, 6) is 0.536. The predicted octanol–water partition coefficient (Wildman–Crippen LogP) is 2.26. The molecule has 0 amide bonds. The van der Waals surface area contributed by atoms with Crippen molar-refractivity contribution in [2.45, 2.75) is 36.9 Å². The van der Waals surface area contributed by atoms with E-state index in [1.54, 1.807) is 12.3 Å². The van der Waals surface area contributed by atoms with Crippen LogP contribution in [0.4, 0.5) is 5.82 Å². The Hall–Kier alpha value is -1.08. The van der Waals surface area contributed by atoms with Gasteiger partial charge < -0.3 is 0 Å². The fourth-order valence-electron chi connectivity index (χ4n) is 2.62. The molecule has 5 nitrogen and oxygen atoms in total. The van der Waals surface area contributed by atoms with Gasteiger partial charge in [0.1, 0.15) is 0 Å². The lowest BCUT2D eigenvalue weighted by atomic mass is 10.2. The first-order valence-electron chi connectivity index (χ1n) is 6.25. The minimum absolute atomic E-state index is 0.0401. The van der Waals surface area contributed by atoms with Crippen LogP contribution in [0.3, 0.4) is 0 Å². The maximum absolute atomic E-state index is 12.3. The first-order valence-corrected chi connectivity index (χ1v) is 8.98. The normalized spacial score (nSPS) is 21.6. The van der Waals surface area contributed by atoms with E-state index >= 15 is 0 Å². The van der Waals surface area contributed by atoms with Gasteiger partial charge in [-0.2, -0.15) is 0 Å². The molecule has 1 fully saturated rings. The van der Waals surface area contributed by atoms with Gasteiger partial charge in [0.15, 0.2) is 11.0 Å². The maximum Gasteiger partial charge on any atom is 0.258 e. The predicted molar refractivity (Wildman–Crippen MR) is 76.5 cm³/mol. The van der Waals surface area contributed by atoms with Crippen molar-refractivity contribution < 1.29 is 8.42 Å². The average Bonchev–Trinajstić information content (AvgIpc) is 2.90. The molecule has 0 N–H and O–H groups in total. The van der Waals surface area contributed by atoms with Gasteiger partial charge in [0.25, 0.3) is 10.0 Å². The largest absolute Gasteiger partial charge is 0.258 e. The molecule has 19 heavy (non-hydrogen) atoms. The van der Waals surface area contributed by atoms with Crippen LogP contribution in [0.25, 0.3) is 6.08 Å². The number of anilines is 1. The molecule has 0 atom stereocenters. The van der Waals surface area contributed by atoms with Gasteiger partial charge in [-0.1, -0.05) is 24.6 Å². The van der Waals surface area contributed by atoms with Crippen LogP contribution in [-0.2, 0) is 10.0 Å². The maximum atomic E-state index is 12.3. The van der Waals surface area contributed by atoms with E-state index in [1.165, 1.54) is 21.5 Å². The van der Waals surface area contributed by atoms with Gasteiger partial charge in [-0.25, -0.2) is 22.7 Å². The highest BCUT2D eigenvalue weighted by atomic mass is 32.2. The molecular formula is C12H15N3O2S2. The molecule has 2 aliphatic rings. The number of hydrogen-bond acceptors (Lipinski definition) is 5. The Morgan fingerprint density at radius 1 is 1.37 bits per heavy atom. The molecular weight excluding hydrogens is 282 g/mol. The van der Waals surface area contributed by atoms with E-state index in [9.17, 15) is 8.42 Å².